The Morgan fingerprint density at radius 2 is 2.07 bits per heavy atom. The topological polar surface area (TPSA) is 68.0 Å². The first kappa shape index (κ1) is 21.8. The Kier molecular flexibility index (Phi) is 7.37. The zero-order chi connectivity index (χ0) is 18.7. The van der Waals surface area contributed by atoms with E-state index in [9.17, 15) is 4.79 Å². The predicted octanol–water partition coefficient (Wildman–Crippen LogP) is 2.46. The molecule has 1 amide bonds. The molecule has 2 atom stereocenters. The third kappa shape index (κ3) is 4.68. The molecule has 0 saturated carbocycles. The first-order valence-corrected chi connectivity index (χ1v) is 9.43. The molecule has 2 N–H and O–H groups in total. The maximum Gasteiger partial charge on any atom is 0.237 e. The number of nitrogens with two attached hydrogens (primary N) is 1. The summed E-state index contributed by atoms with van der Waals surface area (Å²) in [5.41, 5.74) is 7.10. The summed E-state index contributed by atoms with van der Waals surface area (Å²) < 4.78 is 10.9. The molecular weight excluding hydrogens is 366 g/mol. The molecule has 2 fully saturated rings. The van der Waals surface area contributed by atoms with Crippen LogP contribution in [0.3, 0.4) is 0 Å². The number of hydrogen-bond acceptors (Lipinski definition) is 5. The van der Waals surface area contributed by atoms with Gasteiger partial charge in [-0.3, -0.25) is 9.69 Å². The number of benzene rings is 1. The van der Waals surface area contributed by atoms with Crippen molar-refractivity contribution in [1.82, 2.24) is 9.80 Å². The Labute approximate surface area is 168 Å². The summed E-state index contributed by atoms with van der Waals surface area (Å²) in [6, 6.07) is 5.93. The highest BCUT2D eigenvalue weighted by atomic mass is 35.5. The molecule has 0 aromatic heterocycles. The van der Waals surface area contributed by atoms with Crippen LogP contribution >= 0.6 is 12.4 Å². The van der Waals surface area contributed by atoms with Gasteiger partial charge in [-0.1, -0.05) is 6.92 Å². The van der Waals surface area contributed by atoms with Crippen molar-refractivity contribution in [1.29, 1.82) is 0 Å². The maximum atomic E-state index is 13.0. The second-order valence-corrected chi connectivity index (χ2v) is 7.83. The molecule has 6 nitrogen and oxygen atoms in total. The van der Waals surface area contributed by atoms with Crippen molar-refractivity contribution in [2.24, 2.45) is 11.1 Å². The van der Waals surface area contributed by atoms with Gasteiger partial charge >= 0.3 is 0 Å². The number of rotatable bonds is 6. The smallest absolute Gasteiger partial charge is 0.237 e. The van der Waals surface area contributed by atoms with E-state index in [1.165, 1.54) is 0 Å². The molecule has 7 heteroatoms. The van der Waals surface area contributed by atoms with Crippen LogP contribution in [0.1, 0.15) is 37.8 Å². The van der Waals surface area contributed by atoms with E-state index in [2.05, 4.69) is 11.8 Å². The molecule has 2 heterocycles. The Hall–Kier alpha value is -1.50. The van der Waals surface area contributed by atoms with E-state index in [1.54, 1.807) is 14.2 Å². The maximum absolute atomic E-state index is 13.0. The fraction of sp³-hybridized carbons (Fsp3) is 0.650. The summed E-state index contributed by atoms with van der Waals surface area (Å²) >= 11 is 0. The van der Waals surface area contributed by atoms with Gasteiger partial charge in [0.2, 0.25) is 5.91 Å². The highest BCUT2D eigenvalue weighted by molar-refractivity contribution is 5.85. The van der Waals surface area contributed by atoms with Crippen molar-refractivity contribution >= 4 is 18.3 Å². The van der Waals surface area contributed by atoms with Gasteiger partial charge in [-0.05, 0) is 49.9 Å². The molecule has 2 aliphatic heterocycles. The number of hydrogen-bond donors (Lipinski definition) is 1. The highest BCUT2D eigenvalue weighted by Gasteiger charge is 2.36. The lowest BCUT2D eigenvalue weighted by Crippen LogP contribution is -2.40. The van der Waals surface area contributed by atoms with Crippen molar-refractivity contribution in [3.05, 3.63) is 23.8 Å². The van der Waals surface area contributed by atoms with Gasteiger partial charge in [0.1, 0.15) is 11.5 Å². The van der Waals surface area contributed by atoms with Crippen LogP contribution in [-0.4, -0.2) is 62.7 Å². The summed E-state index contributed by atoms with van der Waals surface area (Å²) in [5.74, 6) is 1.75. The second kappa shape index (κ2) is 9.13. The first-order valence-electron chi connectivity index (χ1n) is 9.43. The van der Waals surface area contributed by atoms with Crippen molar-refractivity contribution in [3.8, 4) is 11.5 Å². The Balaban J connectivity index is 0.00000261. The molecule has 152 valence electrons. The van der Waals surface area contributed by atoms with Gasteiger partial charge in [0, 0.05) is 24.7 Å². The summed E-state index contributed by atoms with van der Waals surface area (Å²) in [6.45, 7) is 6.01. The Bertz CT molecular complexity index is 657. The van der Waals surface area contributed by atoms with Crippen LogP contribution in [0, 0.1) is 5.41 Å². The monoisotopic (exact) mass is 397 g/mol. The fourth-order valence-electron chi connectivity index (χ4n) is 4.19. The van der Waals surface area contributed by atoms with Gasteiger partial charge in [0.05, 0.1) is 26.8 Å². The fourth-order valence-corrected chi connectivity index (χ4v) is 4.19. The molecule has 1 aromatic carbocycles. The van der Waals surface area contributed by atoms with Crippen molar-refractivity contribution in [3.63, 3.8) is 0 Å². The Morgan fingerprint density at radius 3 is 2.70 bits per heavy atom. The minimum Gasteiger partial charge on any atom is -0.497 e. The van der Waals surface area contributed by atoms with Crippen LogP contribution in [0.4, 0.5) is 0 Å². The van der Waals surface area contributed by atoms with E-state index in [1.807, 2.05) is 23.1 Å². The van der Waals surface area contributed by atoms with Gasteiger partial charge in [0.25, 0.3) is 0 Å². The minimum atomic E-state index is 0. The van der Waals surface area contributed by atoms with E-state index in [4.69, 9.17) is 15.2 Å². The van der Waals surface area contributed by atoms with Crippen molar-refractivity contribution in [2.75, 3.05) is 46.9 Å². The average Bonchev–Trinajstić information content (AvgIpc) is 3.28. The third-order valence-electron chi connectivity index (χ3n) is 5.86. The second-order valence-electron chi connectivity index (χ2n) is 7.83. The van der Waals surface area contributed by atoms with Crippen LogP contribution in [0.15, 0.2) is 18.2 Å². The minimum absolute atomic E-state index is 0. The van der Waals surface area contributed by atoms with Gasteiger partial charge in [-0.2, -0.15) is 0 Å². The number of likely N-dealkylation sites (tertiary alicyclic amines) is 2. The number of nitrogens with zero attached hydrogens (tertiary/aromatic N) is 2. The molecule has 0 spiro atoms. The van der Waals surface area contributed by atoms with Gasteiger partial charge < -0.3 is 20.1 Å². The average molecular weight is 398 g/mol. The van der Waals surface area contributed by atoms with E-state index < -0.39 is 0 Å². The number of carbonyl (C=O) groups excluding carboxylic acids is 1. The summed E-state index contributed by atoms with van der Waals surface area (Å²) in [7, 11) is 3.31. The quantitative estimate of drug-likeness (QED) is 0.798. The molecule has 0 bridgehead atoms. The van der Waals surface area contributed by atoms with E-state index in [0.29, 0.717) is 13.1 Å². The summed E-state index contributed by atoms with van der Waals surface area (Å²) in [6.07, 6.45) is 3.05. The lowest BCUT2D eigenvalue weighted by molar-refractivity contribution is -0.133. The van der Waals surface area contributed by atoms with Gasteiger partial charge in [-0.25, -0.2) is 0 Å². The van der Waals surface area contributed by atoms with E-state index in [0.717, 1.165) is 56.0 Å². The lowest BCUT2D eigenvalue weighted by atomic mass is 9.90. The SMILES string of the molecule is COc1ccc(C2CCCN2C(=O)CN2CCC(C)(CN)C2)c(OC)c1.Cl. The van der Waals surface area contributed by atoms with Crippen LogP contribution < -0.4 is 15.2 Å². The Morgan fingerprint density at radius 1 is 1.30 bits per heavy atom. The van der Waals surface area contributed by atoms with E-state index >= 15 is 0 Å². The van der Waals surface area contributed by atoms with Gasteiger partial charge in [0.15, 0.2) is 0 Å². The van der Waals surface area contributed by atoms with Crippen LogP contribution in [0.25, 0.3) is 0 Å². The molecule has 3 rings (SSSR count). The molecule has 2 saturated heterocycles. The van der Waals surface area contributed by atoms with Crippen LogP contribution in [0.5, 0.6) is 11.5 Å². The highest BCUT2D eigenvalue weighted by Crippen LogP contribution is 2.39. The number of amides is 1. The molecule has 27 heavy (non-hydrogen) atoms. The zero-order valence-corrected chi connectivity index (χ0v) is 17.4. The van der Waals surface area contributed by atoms with Crippen molar-refractivity contribution < 1.29 is 14.3 Å². The lowest BCUT2D eigenvalue weighted by Gasteiger charge is -2.29. The molecule has 2 unspecified atom stereocenters. The largest absolute Gasteiger partial charge is 0.497 e. The zero-order valence-electron chi connectivity index (χ0n) is 16.6. The molecule has 0 aliphatic carbocycles. The first-order chi connectivity index (χ1) is 12.5. The van der Waals surface area contributed by atoms with Crippen LogP contribution in [-0.2, 0) is 4.79 Å². The van der Waals surface area contributed by atoms with Crippen molar-refractivity contribution in [2.45, 2.75) is 32.2 Å². The third-order valence-corrected chi connectivity index (χ3v) is 5.86. The number of methoxy groups -OCH3 is 2. The number of ether oxygens (including phenoxy) is 2. The molecule has 2 aliphatic rings. The normalized spacial score (nSPS) is 25.3. The predicted molar refractivity (Wildman–Crippen MR) is 109 cm³/mol. The number of carbonyl (C=O) groups is 1. The van der Waals surface area contributed by atoms with E-state index in [-0.39, 0.29) is 29.8 Å². The standard InChI is InChI=1S/C20H31N3O3.ClH/c1-20(13-21)8-10-22(14-20)12-19(24)23-9-4-5-17(23)16-7-6-15(25-2)11-18(16)26-3;/h6-7,11,17H,4-5,8-10,12-14,21H2,1-3H3;1H. The van der Waals surface area contributed by atoms with Crippen LogP contribution in [0.2, 0.25) is 0 Å². The summed E-state index contributed by atoms with van der Waals surface area (Å²) in [4.78, 5) is 17.3. The molecular formula is C20H32ClN3O3. The van der Waals surface area contributed by atoms with Gasteiger partial charge in [-0.15, -0.1) is 12.4 Å². The summed E-state index contributed by atoms with van der Waals surface area (Å²) in [5, 5.41) is 0. The molecule has 0 radical (unpaired) electrons. The number of halogens is 1. The molecule has 1 aromatic rings.